The van der Waals surface area contributed by atoms with Gasteiger partial charge in [-0.1, -0.05) is 43.0 Å². The Bertz CT molecular complexity index is 1690. The van der Waals surface area contributed by atoms with Crippen LogP contribution in [0.25, 0.3) is 10.9 Å². The molecule has 9 nitrogen and oxygen atoms in total. The number of benzene rings is 2. The summed E-state index contributed by atoms with van der Waals surface area (Å²) >= 11 is 6.19. The van der Waals surface area contributed by atoms with Crippen molar-refractivity contribution >= 4 is 34.3 Å². The van der Waals surface area contributed by atoms with Crippen LogP contribution in [0.5, 0.6) is 0 Å². The van der Waals surface area contributed by atoms with E-state index in [1.807, 2.05) is 40.2 Å². The monoisotopic (exact) mass is 673 g/mol. The fourth-order valence-electron chi connectivity index (χ4n) is 8.44. The molecular weight excluding hydrogens is 629 g/mol. The minimum absolute atomic E-state index is 0.0838. The number of nitrogens with one attached hydrogen (secondary N) is 2. The van der Waals surface area contributed by atoms with Crippen molar-refractivity contribution in [2.75, 3.05) is 26.2 Å². The third-order valence-corrected chi connectivity index (χ3v) is 11.4. The quantitative estimate of drug-likeness (QED) is 0.219. The summed E-state index contributed by atoms with van der Waals surface area (Å²) in [5.74, 6) is 0.385. The van der Waals surface area contributed by atoms with Gasteiger partial charge in [-0.05, 0) is 98.2 Å². The normalized spacial score (nSPS) is 19.9. The summed E-state index contributed by atoms with van der Waals surface area (Å²) < 4.78 is 15.7. The van der Waals surface area contributed by atoms with Gasteiger partial charge in [0.05, 0.1) is 6.04 Å². The molecule has 2 aromatic carbocycles. The zero-order valence-electron chi connectivity index (χ0n) is 27.4. The second kappa shape index (κ2) is 14.4. The van der Waals surface area contributed by atoms with Crippen LogP contribution in [-0.4, -0.2) is 79.6 Å². The molecule has 4 heterocycles. The van der Waals surface area contributed by atoms with Crippen molar-refractivity contribution in [3.8, 4) is 0 Å². The van der Waals surface area contributed by atoms with Gasteiger partial charge in [-0.15, -0.1) is 0 Å². The SMILES string of the molecule is O=C(c1cc2cc(F)ccc2[nH]1)N1CCC(N[C@H](Cc2ccc(Cl)cc2)C(=O)N2CCC(Cn3cncn3)(C3CCCCC3)CC2)CC1. The largest absolute Gasteiger partial charge is 0.351 e. The lowest BCUT2D eigenvalue weighted by molar-refractivity contribution is -0.137. The number of amides is 2. The Balaban J connectivity index is 1.01. The zero-order valence-corrected chi connectivity index (χ0v) is 28.2. The van der Waals surface area contributed by atoms with E-state index in [-0.39, 0.29) is 35.1 Å². The van der Waals surface area contributed by atoms with Crippen molar-refractivity contribution in [1.82, 2.24) is 34.9 Å². The lowest BCUT2D eigenvalue weighted by Gasteiger charge is -2.48. The molecule has 0 unspecified atom stereocenters. The smallest absolute Gasteiger partial charge is 0.270 e. The first-order valence-electron chi connectivity index (χ1n) is 17.5. The first-order chi connectivity index (χ1) is 23.3. The number of aromatic amines is 1. The average molecular weight is 674 g/mol. The number of likely N-dealkylation sites (tertiary alicyclic amines) is 2. The van der Waals surface area contributed by atoms with E-state index in [0.29, 0.717) is 41.5 Å². The van der Waals surface area contributed by atoms with Crippen molar-refractivity contribution in [1.29, 1.82) is 0 Å². The number of aromatic nitrogens is 4. The molecule has 3 fully saturated rings. The highest BCUT2D eigenvalue weighted by atomic mass is 35.5. The van der Waals surface area contributed by atoms with E-state index in [1.165, 1.54) is 44.2 Å². The summed E-state index contributed by atoms with van der Waals surface area (Å²) in [6.45, 7) is 3.50. The third-order valence-electron chi connectivity index (χ3n) is 11.2. The number of hydrogen-bond donors (Lipinski definition) is 2. The molecule has 1 saturated carbocycles. The highest BCUT2D eigenvalue weighted by molar-refractivity contribution is 6.30. The Hall–Kier alpha value is -3.76. The van der Waals surface area contributed by atoms with E-state index < -0.39 is 0 Å². The van der Waals surface area contributed by atoms with Gasteiger partial charge in [-0.3, -0.25) is 14.3 Å². The molecule has 2 aromatic heterocycles. The summed E-state index contributed by atoms with van der Waals surface area (Å²) in [5, 5.41) is 9.55. The second-order valence-corrected chi connectivity index (χ2v) is 14.6. The topological polar surface area (TPSA) is 99.2 Å². The van der Waals surface area contributed by atoms with Crippen LogP contribution in [0.15, 0.2) is 61.2 Å². The lowest BCUT2D eigenvalue weighted by atomic mass is 9.63. The van der Waals surface area contributed by atoms with Gasteiger partial charge in [-0.25, -0.2) is 9.37 Å². The molecule has 0 radical (unpaired) electrons. The Morgan fingerprint density at radius 2 is 1.71 bits per heavy atom. The Morgan fingerprint density at radius 3 is 2.42 bits per heavy atom. The summed E-state index contributed by atoms with van der Waals surface area (Å²) in [5.41, 5.74) is 2.40. The van der Waals surface area contributed by atoms with Gasteiger partial charge in [0.25, 0.3) is 5.91 Å². The summed E-state index contributed by atoms with van der Waals surface area (Å²) in [4.78, 5) is 38.9. The Morgan fingerprint density at radius 1 is 0.958 bits per heavy atom. The predicted octanol–water partition coefficient (Wildman–Crippen LogP) is 6.25. The maximum absolute atomic E-state index is 14.3. The maximum atomic E-state index is 14.3. The zero-order chi connectivity index (χ0) is 33.1. The van der Waals surface area contributed by atoms with E-state index in [2.05, 4.69) is 25.3 Å². The van der Waals surface area contributed by atoms with Gasteiger partial charge >= 0.3 is 0 Å². The molecule has 7 rings (SSSR count). The summed E-state index contributed by atoms with van der Waals surface area (Å²) in [6.07, 6.45) is 13.8. The number of rotatable bonds is 9. The molecule has 11 heteroatoms. The molecule has 2 saturated heterocycles. The Labute approximate surface area is 286 Å². The fraction of sp³-hybridized carbons (Fsp3) is 0.514. The van der Waals surface area contributed by atoms with Crippen molar-refractivity contribution < 1.29 is 14.0 Å². The lowest BCUT2D eigenvalue weighted by Crippen LogP contribution is -2.56. The summed E-state index contributed by atoms with van der Waals surface area (Å²) in [7, 11) is 0. The first kappa shape index (κ1) is 32.8. The standard InChI is InChI=1S/C37H45ClFN7O2/c38-29-8-6-26(7-9-29)20-33(42-31-12-16-44(17-13-31)36(48)34-22-27-21-30(39)10-11-32(27)43-34)35(47)45-18-14-37(15-19-45,23-46-25-40-24-41-46)28-4-2-1-3-5-28/h6-11,21-22,24-25,28,31,33,42-43H,1-5,12-20,23H2/t33-/m1/s1. The van der Waals surface area contributed by atoms with Crippen molar-refractivity contribution in [3.05, 3.63) is 83.3 Å². The number of carbonyl (C=O) groups is 2. The van der Waals surface area contributed by atoms with Gasteiger partial charge in [-0.2, -0.15) is 5.10 Å². The van der Waals surface area contributed by atoms with E-state index in [1.54, 1.807) is 18.5 Å². The van der Waals surface area contributed by atoms with Gasteiger partial charge in [0.1, 0.15) is 24.2 Å². The maximum Gasteiger partial charge on any atom is 0.270 e. The van der Waals surface area contributed by atoms with Crippen LogP contribution in [0.1, 0.15) is 73.8 Å². The molecule has 2 amide bonds. The second-order valence-electron chi connectivity index (χ2n) is 14.1. The number of fused-ring (bicyclic) bond motifs is 1. The first-order valence-corrected chi connectivity index (χ1v) is 17.9. The highest BCUT2D eigenvalue weighted by Gasteiger charge is 2.44. The number of nitrogens with zero attached hydrogens (tertiary/aromatic N) is 5. The number of H-pyrrole nitrogens is 1. The van der Waals surface area contributed by atoms with Crippen molar-refractivity contribution in [3.63, 3.8) is 0 Å². The van der Waals surface area contributed by atoms with Crippen molar-refractivity contribution in [2.45, 2.75) is 82.8 Å². The molecule has 1 aliphatic carbocycles. The molecule has 0 spiro atoms. The Kier molecular flexibility index (Phi) is 9.82. The van der Waals surface area contributed by atoms with Crippen LogP contribution in [0.2, 0.25) is 5.02 Å². The van der Waals surface area contributed by atoms with Gasteiger partial charge in [0, 0.05) is 54.7 Å². The minimum atomic E-state index is -0.375. The van der Waals surface area contributed by atoms with Crippen LogP contribution in [0, 0.1) is 17.2 Å². The molecule has 4 aromatic rings. The van der Waals surface area contributed by atoms with E-state index in [9.17, 15) is 14.0 Å². The van der Waals surface area contributed by atoms with Gasteiger partial charge in [0.2, 0.25) is 5.91 Å². The number of halogens is 2. The van der Waals surface area contributed by atoms with Crippen LogP contribution < -0.4 is 5.32 Å². The van der Waals surface area contributed by atoms with Crippen LogP contribution >= 0.6 is 11.6 Å². The molecule has 0 bridgehead atoms. The molecule has 2 aliphatic heterocycles. The van der Waals surface area contributed by atoms with Crippen LogP contribution in [0.3, 0.4) is 0 Å². The van der Waals surface area contributed by atoms with Crippen LogP contribution in [0.4, 0.5) is 4.39 Å². The van der Waals surface area contributed by atoms with Gasteiger partial charge < -0.3 is 20.1 Å². The fourth-order valence-corrected chi connectivity index (χ4v) is 8.56. The molecular formula is C37H45ClFN7O2. The minimum Gasteiger partial charge on any atom is -0.351 e. The molecule has 1 atom stereocenters. The third kappa shape index (κ3) is 7.29. The molecule has 2 N–H and O–H groups in total. The molecule has 48 heavy (non-hydrogen) atoms. The average Bonchev–Trinajstić information content (AvgIpc) is 3.79. The van der Waals surface area contributed by atoms with E-state index in [0.717, 1.165) is 56.4 Å². The molecule has 3 aliphatic rings. The molecule has 254 valence electrons. The number of hydrogen-bond acceptors (Lipinski definition) is 5. The van der Waals surface area contributed by atoms with E-state index in [4.69, 9.17) is 11.6 Å². The highest BCUT2D eigenvalue weighted by Crippen LogP contribution is 2.47. The van der Waals surface area contributed by atoms with Gasteiger partial charge in [0.15, 0.2) is 0 Å². The van der Waals surface area contributed by atoms with Crippen molar-refractivity contribution in [2.24, 2.45) is 11.3 Å². The van der Waals surface area contributed by atoms with Crippen LogP contribution in [-0.2, 0) is 17.8 Å². The predicted molar refractivity (Wildman–Crippen MR) is 184 cm³/mol. The number of carbonyl (C=O) groups excluding carboxylic acids is 2. The van der Waals surface area contributed by atoms with E-state index >= 15 is 0 Å². The number of piperidine rings is 2. The summed E-state index contributed by atoms with van der Waals surface area (Å²) in [6, 6.07) is 13.7.